The van der Waals surface area contributed by atoms with Gasteiger partial charge in [0.15, 0.2) is 0 Å². The molecule has 7 heteroatoms. The average Bonchev–Trinajstić information content (AvgIpc) is 3.53. The third-order valence-electron chi connectivity index (χ3n) is 7.81. The third-order valence-corrected chi connectivity index (χ3v) is 8.18. The molecular weight excluding hydrogens is 498 g/mol. The standard InChI is InChI=1S/C31H34ClN3O3/c1-2-26(30(37)33-23-13-4-5-14-23)35(20-22-10-3-6-16-25(22)32)28(36)18-9-19-34-27-17-8-12-21-11-7-15-24(29(21)27)31(34)38/h3,6-8,10-12,15-17,23,26H,2,4-5,9,13-14,18-20H2,1H3,(H,33,37). The van der Waals surface area contributed by atoms with Crippen LogP contribution in [0.1, 0.15) is 67.8 Å². The molecule has 3 aromatic rings. The van der Waals surface area contributed by atoms with E-state index in [1.54, 1.807) is 15.9 Å². The van der Waals surface area contributed by atoms with E-state index in [1.807, 2.05) is 61.5 Å². The maximum atomic E-state index is 13.7. The minimum absolute atomic E-state index is 0.0282. The number of benzene rings is 3. The number of rotatable bonds is 10. The molecule has 1 heterocycles. The summed E-state index contributed by atoms with van der Waals surface area (Å²) < 4.78 is 0. The molecule has 1 aliphatic heterocycles. The fraction of sp³-hybridized carbons (Fsp3) is 0.387. The van der Waals surface area contributed by atoms with E-state index in [2.05, 4.69) is 5.32 Å². The molecule has 1 atom stereocenters. The van der Waals surface area contributed by atoms with E-state index in [1.165, 1.54) is 0 Å². The van der Waals surface area contributed by atoms with Gasteiger partial charge in [0.2, 0.25) is 11.8 Å². The summed E-state index contributed by atoms with van der Waals surface area (Å²) in [7, 11) is 0. The highest BCUT2D eigenvalue weighted by atomic mass is 35.5. The molecule has 0 aromatic heterocycles. The molecule has 38 heavy (non-hydrogen) atoms. The van der Waals surface area contributed by atoms with Gasteiger partial charge in [0.25, 0.3) is 5.91 Å². The third kappa shape index (κ3) is 5.28. The Morgan fingerprint density at radius 3 is 2.53 bits per heavy atom. The second-order valence-electron chi connectivity index (χ2n) is 10.3. The summed E-state index contributed by atoms with van der Waals surface area (Å²) in [6.45, 7) is 2.64. The van der Waals surface area contributed by atoms with Gasteiger partial charge in [-0.2, -0.15) is 0 Å². The first-order valence-electron chi connectivity index (χ1n) is 13.6. The van der Waals surface area contributed by atoms with E-state index in [0.29, 0.717) is 30.0 Å². The number of carbonyl (C=O) groups is 3. The topological polar surface area (TPSA) is 69.7 Å². The Bertz CT molecular complexity index is 1350. The van der Waals surface area contributed by atoms with E-state index < -0.39 is 6.04 Å². The number of amides is 3. The molecule has 0 bridgehead atoms. The van der Waals surface area contributed by atoms with Crippen molar-refractivity contribution in [3.63, 3.8) is 0 Å². The first-order valence-corrected chi connectivity index (χ1v) is 14.0. The first kappa shape index (κ1) is 26.2. The predicted octanol–water partition coefficient (Wildman–Crippen LogP) is 6.10. The van der Waals surface area contributed by atoms with Crippen molar-refractivity contribution >= 4 is 45.8 Å². The molecule has 1 unspecified atom stereocenters. The highest BCUT2D eigenvalue weighted by Gasteiger charge is 2.32. The molecule has 5 rings (SSSR count). The van der Waals surface area contributed by atoms with Crippen molar-refractivity contribution in [2.45, 2.75) is 70.5 Å². The number of nitrogens with one attached hydrogen (secondary N) is 1. The van der Waals surface area contributed by atoms with Crippen molar-refractivity contribution in [1.29, 1.82) is 0 Å². The SMILES string of the molecule is CCC(C(=O)NC1CCCC1)N(Cc1ccccc1Cl)C(=O)CCCN1C(=O)c2cccc3cccc1c23. The van der Waals surface area contributed by atoms with E-state index >= 15 is 0 Å². The van der Waals surface area contributed by atoms with Gasteiger partial charge in [-0.3, -0.25) is 14.4 Å². The fourth-order valence-electron chi connectivity index (χ4n) is 5.83. The summed E-state index contributed by atoms with van der Waals surface area (Å²) in [5, 5.41) is 5.76. The normalized spacial score (nSPS) is 15.7. The average molecular weight is 532 g/mol. The van der Waals surface area contributed by atoms with Gasteiger partial charge >= 0.3 is 0 Å². The molecule has 6 nitrogen and oxygen atoms in total. The van der Waals surface area contributed by atoms with Crippen molar-refractivity contribution in [3.8, 4) is 0 Å². The summed E-state index contributed by atoms with van der Waals surface area (Å²) in [5.41, 5.74) is 2.41. The van der Waals surface area contributed by atoms with Crippen molar-refractivity contribution < 1.29 is 14.4 Å². The monoisotopic (exact) mass is 531 g/mol. The molecule has 1 saturated carbocycles. The molecular formula is C31H34ClN3O3. The Morgan fingerprint density at radius 1 is 1.05 bits per heavy atom. The van der Waals surface area contributed by atoms with Crippen molar-refractivity contribution in [3.05, 3.63) is 76.8 Å². The Labute approximate surface area is 228 Å². The van der Waals surface area contributed by atoms with Crippen LogP contribution in [0.15, 0.2) is 60.7 Å². The van der Waals surface area contributed by atoms with Crippen LogP contribution in [0.25, 0.3) is 10.8 Å². The van der Waals surface area contributed by atoms with E-state index in [4.69, 9.17) is 11.6 Å². The highest BCUT2D eigenvalue weighted by Crippen LogP contribution is 2.37. The maximum absolute atomic E-state index is 13.7. The highest BCUT2D eigenvalue weighted by molar-refractivity contribution is 6.31. The van der Waals surface area contributed by atoms with Gasteiger partial charge in [0, 0.05) is 41.5 Å². The molecule has 3 amide bonds. The summed E-state index contributed by atoms with van der Waals surface area (Å²) in [4.78, 5) is 43.6. The summed E-state index contributed by atoms with van der Waals surface area (Å²) >= 11 is 6.44. The Balaban J connectivity index is 1.30. The molecule has 3 aromatic carbocycles. The molecule has 0 radical (unpaired) electrons. The lowest BCUT2D eigenvalue weighted by atomic mass is 10.1. The number of hydrogen-bond donors (Lipinski definition) is 1. The quantitative estimate of drug-likeness (QED) is 0.343. The predicted molar refractivity (Wildman–Crippen MR) is 151 cm³/mol. The number of hydrogen-bond acceptors (Lipinski definition) is 3. The lowest BCUT2D eigenvalue weighted by molar-refractivity contribution is -0.141. The Kier molecular flexibility index (Phi) is 7.98. The molecule has 1 fully saturated rings. The van der Waals surface area contributed by atoms with Crippen LogP contribution in [0.3, 0.4) is 0 Å². The zero-order chi connectivity index (χ0) is 26.6. The van der Waals surface area contributed by atoms with Gasteiger partial charge in [-0.1, -0.05) is 73.8 Å². The minimum Gasteiger partial charge on any atom is -0.352 e. The molecule has 2 aliphatic rings. The zero-order valence-corrected chi connectivity index (χ0v) is 22.5. The van der Waals surface area contributed by atoms with E-state index in [9.17, 15) is 14.4 Å². The second kappa shape index (κ2) is 11.6. The van der Waals surface area contributed by atoms with Crippen LogP contribution >= 0.6 is 11.6 Å². The van der Waals surface area contributed by atoms with E-state index in [-0.39, 0.29) is 36.7 Å². The lowest BCUT2D eigenvalue weighted by Crippen LogP contribution is -2.51. The Morgan fingerprint density at radius 2 is 1.79 bits per heavy atom. The molecule has 198 valence electrons. The smallest absolute Gasteiger partial charge is 0.258 e. The number of carbonyl (C=O) groups excluding carboxylic acids is 3. The molecule has 0 spiro atoms. The summed E-state index contributed by atoms with van der Waals surface area (Å²) in [5.74, 6) is -0.239. The van der Waals surface area contributed by atoms with Gasteiger partial charge in [-0.25, -0.2) is 0 Å². The lowest BCUT2D eigenvalue weighted by Gasteiger charge is -2.32. The fourth-order valence-corrected chi connectivity index (χ4v) is 6.03. The number of nitrogens with zero attached hydrogens (tertiary/aromatic N) is 2. The largest absolute Gasteiger partial charge is 0.352 e. The van der Waals surface area contributed by atoms with Gasteiger partial charge in [-0.15, -0.1) is 0 Å². The van der Waals surface area contributed by atoms with Crippen LogP contribution in [0.5, 0.6) is 0 Å². The molecule has 0 saturated heterocycles. The van der Waals surface area contributed by atoms with Gasteiger partial charge < -0.3 is 15.1 Å². The van der Waals surface area contributed by atoms with Gasteiger partial charge in [0.05, 0.1) is 5.69 Å². The van der Waals surface area contributed by atoms with Gasteiger partial charge in [-0.05, 0) is 54.8 Å². The van der Waals surface area contributed by atoms with Crippen molar-refractivity contribution in [2.24, 2.45) is 0 Å². The molecule has 1 N–H and O–H groups in total. The van der Waals surface area contributed by atoms with Crippen molar-refractivity contribution in [2.75, 3.05) is 11.4 Å². The summed E-state index contributed by atoms with van der Waals surface area (Å²) in [6, 6.07) is 18.7. The van der Waals surface area contributed by atoms with Crippen LogP contribution in [0, 0.1) is 0 Å². The number of halogens is 1. The van der Waals surface area contributed by atoms with Crippen LogP contribution in [0.2, 0.25) is 5.02 Å². The van der Waals surface area contributed by atoms with Gasteiger partial charge in [0.1, 0.15) is 6.04 Å². The summed E-state index contributed by atoms with van der Waals surface area (Å²) in [6.07, 6.45) is 5.45. The van der Waals surface area contributed by atoms with Crippen molar-refractivity contribution in [1.82, 2.24) is 10.2 Å². The van der Waals surface area contributed by atoms with Crippen LogP contribution < -0.4 is 10.2 Å². The second-order valence-corrected chi connectivity index (χ2v) is 10.7. The minimum atomic E-state index is -0.578. The maximum Gasteiger partial charge on any atom is 0.258 e. The number of anilines is 1. The molecule has 1 aliphatic carbocycles. The van der Waals surface area contributed by atoms with Crippen LogP contribution in [-0.4, -0.2) is 41.2 Å². The van der Waals surface area contributed by atoms with Crippen LogP contribution in [0.4, 0.5) is 5.69 Å². The van der Waals surface area contributed by atoms with E-state index in [0.717, 1.165) is 47.7 Å². The Hall–Kier alpha value is -3.38. The zero-order valence-electron chi connectivity index (χ0n) is 21.8. The van der Waals surface area contributed by atoms with Crippen LogP contribution in [-0.2, 0) is 16.1 Å². The first-order chi connectivity index (χ1) is 18.5.